The van der Waals surface area contributed by atoms with Crippen LogP contribution in [0.4, 0.5) is 6.01 Å². The van der Waals surface area contributed by atoms with Crippen LogP contribution in [0.15, 0.2) is 4.42 Å². The van der Waals surface area contributed by atoms with Crippen molar-refractivity contribution in [2.24, 2.45) is 5.92 Å². The van der Waals surface area contributed by atoms with Gasteiger partial charge < -0.3 is 15.1 Å². The quantitative estimate of drug-likeness (QED) is 0.795. The van der Waals surface area contributed by atoms with E-state index < -0.39 is 0 Å². The van der Waals surface area contributed by atoms with Gasteiger partial charge in [0, 0.05) is 6.54 Å². The van der Waals surface area contributed by atoms with E-state index in [4.69, 9.17) is 4.42 Å². The standard InChI is InChI=1S/C12H22N4O/c1-2-13-9-11-15-16-12(17-11)14-8-10-6-4-3-5-7-10/h10,13H,2-9H2,1H3,(H,14,16). The zero-order valence-corrected chi connectivity index (χ0v) is 10.5. The van der Waals surface area contributed by atoms with Gasteiger partial charge in [-0.15, -0.1) is 5.10 Å². The van der Waals surface area contributed by atoms with E-state index in [0.717, 1.165) is 19.0 Å². The number of rotatable bonds is 6. The Kier molecular flexibility index (Phi) is 4.79. The molecule has 1 heterocycles. The zero-order chi connectivity index (χ0) is 11.9. The van der Waals surface area contributed by atoms with Crippen LogP contribution in [0.1, 0.15) is 44.9 Å². The van der Waals surface area contributed by atoms with Crippen LogP contribution in [0.25, 0.3) is 0 Å². The lowest BCUT2D eigenvalue weighted by molar-refractivity contribution is 0.369. The van der Waals surface area contributed by atoms with E-state index in [-0.39, 0.29) is 0 Å². The summed E-state index contributed by atoms with van der Waals surface area (Å²) >= 11 is 0. The Morgan fingerprint density at radius 2 is 2.06 bits per heavy atom. The maximum atomic E-state index is 5.48. The molecule has 0 atom stereocenters. The molecule has 2 N–H and O–H groups in total. The van der Waals surface area contributed by atoms with E-state index in [0.29, 0.717) is 18.5 Å². The highest BCUT2D eigenvalue weighted by atomic mass is 16.4. The average Bonchev–Trinajstić information content (AvgIpc) is 2.83. The van der Waals surface area contributed by atoms with Gasteiger partial charge in [0.25, 0.3) is 0 Å². The van der Waals surface area contributed by atoms with E-state index in [9.17, 15) is 0 Å². The molecule has 2 rings (SSSR count). The Hall–Kier alpha value is -1.10. The smallest absolute Gasteiger partial charge is 0.315 e. The molecule has 0 unspecified atom stereocenters. The molecule has 1 aliphatic carbocycles. The first-order valence-corrected chi connectivity index (χ1v) is 6.65. The van der Waals surface area contributed by atoms with E-state index in [1.165, 1.54) is 32.1 Å². The number of anilines is 1. The predicted octanol–water partition coefficient (Wildman–Crippen LogP) is 2.17. The van der Waals surface area contributed by atoms with Crippen LogP contribution < -0.4 is 10.6 Å². The van der Waals surface area contributed by atoms with Gasteiger partial charge in [-0.2, -0.15) is 0 Å². The molecule has 1 aliphatic rings. The van der Waals surface area contributed by atoms with Gasteiger partial charge >= 0.3 is 6.01 Å². The summed E-state index contributed by atoms with van der Waals surface area (Å²) in [6.07, 6.45) is 6.77. The molecule has 0 radical (unpaired) electrons. The van der Waals surface area contributed by atoms with Crippen LogP contribution in [0, 0.1) is 5.92 Å². The second-order valence-electron chi connectivity index (χ2n) is 4.67. The van der Waals surface area contributed by atoms with Crippen molar-refractivity contribution in [1.82, 2.24) is 15.5 Å². The van der Waals surface area contributed by atoms with E-state index in [1.54, 1.807) is 0 Å². The Bertz CT molecular complexity index is 320. The molecule has 0 aliphatic heterocycles. The van der Waals surface area contributed by atoms with Crippen molar-refractivity contribution in [1.29, 1.82) is 0 Å². The van der Waals surface area contributed by atoms with Crippen molar-refractivity contribution in [3.63, 3.8) is 0 Å². The van der Waals surface area contributed by atoms with Gasteiger partial charge in [-0.1, -0.05) is 31.3 Å². The summed E-state index contributed by atoms with van der Waals surface area (Å²) in [5.74, 6) is 1.42. The molecule has 0 amide bonds. The van der Waals surface area contributed by atoms with Crippen LogP contribution in [-0.2, 0) is 6.54 Å². The van der Waals surface area contributed by atoms with Crippen LogP contribution in [0.2, 0.25) is 0 Å². The molecule has 5 heteroatoms. The number of aromatic nitrogens is 2. The summed E-state index contributed by atoms with van der Waals surface area (Å²) in [7, 11) is 0. The van der Waals surface area contributed by atoms with E-state index >= 15 is 0 Å². The highest BCUT2D eigenvalue weighted by Crippen LogP contribution is 2.23. The molecular formula is C12H22N4O. The second kappa shape index (κ2) is 6.59. The highest BCUT2D eigenvalue weighted by molar-refractivity contribution is 5.16. The summed E-state index contributed by atoms with van der Waals surface area (Å²) in [5, 5.41) is 14.4. The van der Waals surface area contributed by atoms with Gasteiger partial charge in [0.15, 0.2) is 0 Å². The van der Waals surface area contributed by atoms with Gasteiger partial charge in [-0.05, 0) is 25.3 Å². The Morgan fingerprint density at radius 3 is 2.82 bits per heavy atom. The topological polar surface area (TPSA) is 63.0 Å². The first-order chi connectivity index (χ1) is 8.38. The van der Waals surface area contributed by atoms with Gasteiger partial charge in [0.05, 0.1) is 6.54 Å². The van der Waals surface area contributed by atoms with Gasteiger partial charge in [0.2, 0.25) is 5.89 Å². The largest absolute Gasteiger partial charge is 0.407 e. The van der Waals surface area contributed by atoms with Crippen molar-refractivity contribution >= 4 is 6.01 Å². The molecule has 0 saturated heterocycles. The molecule has 1 aromatic heterocycles. The lowest BCUT2D eigenvalue weighted by Crippen LogP contribution is -2.17. The Balaban J connectivity index is 1.72. The van der Waals surface area contributed by atoms with Crippen molar-refractivity contribution in [3.8, 4) is 0 Å². The fraction of sp³-hybridized carbons (Fsp3) is 0.833. The first kappa shape index (κ1) is 12.4. The van der Waals surface area contributed by atoms with Crippen molar-refractivity contribution in [3.05, 3.63) is 5.89 Å². The van der Waals surface area contributed by atoms with Gasteiger partial charge in [0.1, 0.15) is 0 Å². The molecule has 5 nitrogen and oxygen atoms in total. The molecule has 0 spiro atoms. The van der Waals surface area contributed by atoms with Crippen LogP contribution >= 0.6 is 0 Å². The normalized spacial score (nSPS) is 17.2. The number of nitrogens with one attached hydrogen (secondary N) is 2. The molecule has 1 saturated carbocycles. The molecule has 1 aromatic rings. The van der Waals surface area contributed by atoms with Crippen LogP contribution in [0.5, 0.6) is 0 Å². The molecule has 17 heavy (non-hydrogen) atoms. The SMILES string of the molecule is CCNCc1nnc(NCC2CCCCC2)o1. The third-order valence-electron chi connectivity index (χ3n) is 3.26. The summed E-state index contributed by atoms with van der Waals surface area (Å²) in [4.78, 5) is 0. The average molecular weight is 238 g/mol. The summed E-state index contributed by atoms with van der Waals surface area (Å²) in [6, 6.07) is 0.559. The van der Waals surface area contributed by atoms with Crippen LogP contribution in [0.3, 0.4) is 0 Å². The third-order valence-corrected chi connectivity index (χ3v) is 3.26. The lowest BCUT2D eigenvalue weighted by atomic mass is 9.89. The highest BCUT2D eigenvalue weighted by Gasteiger charge is 2.14. The maximum Gasteiger partial charge on any atom is 0.315 e. The third kappa shape index (κ3) is 4.00. The number of hydrogen-bond acceptors (Lipinski definition) is 5. The van der Waals surface area contributed by atoms with E-state index in [1.807, 2.05) is 0 Å². The fourth-order valence-corrected chi connectivity index (χ4v) is 2.25. The molecular weight excluding hydrogens is 216 g/mol. The summed E-state index contributed by atoms with van der Waals surface area (Å²) < 4.78 is 5.48. The predicted molar refractivity (Wildman–Crippen MR) is 66.7 cm³/mol. The van der Waals surface area contributed by atoms with Gasteiger partial charge in [-0.3, -0.25) is 0 Å². The van der Waals surface area contributed by atoms with Crippen molar-refractivity contribution in [2.45, 2.75) is 45.6 Å². The maximum absolute atomic E-state index is 5.48. The summed E-state index contributed by atoms with van der Waals surface area (Å²) in [5.41, 5.74) is 0. The van der Waals surface area contributed by atoms with Crippen molar-refractivity contribution < 1.29 is 4.42 Å². The molecule has 1 fully saturated rings. The zero-order valence-electron chi connectivity index (χ0n) is 10.5. The van der Waals surface area contributed by atoms with Crippen molar-refractivity contribution in [2.75, 3.05) is 18.4 Å². The lowest BCUT2D eigenvalue weighted by Gasteiger charge is -2.20. The second-order valence-corrected chi connectivity index (χ2v) is 4.67. The van der Waals surface area contributed by atoms with Crippen LogP contribution in [-0.4, -0.2) is 23.3 Å². The molecule has 0 bridgehead atoms. The molecule has 0 aromatic carbocycles. The van der Waals surface area contributed by atoms with Gasteiger partial charge in [-0.25, -0.2) is 0 Å². The Morgan fingerprint density at radius 1 is 1.24 bits per heavy atom. The molecule has 96 valence electrons. The Labute approximate surface area is 102 Å². The monoisotopic (exact) mass is 238 g/mol. The first-order valence-electron chi connectivity index (χ1n) is 6.65. The van der Waals surface area contributed by atoms with E-state index in [2.05, 4.69) is 27.8 Å². The minimum atomic E-state index is 0.559. The number of nitrogens with zero attached hydrogens (tertiary/aromatic N) is 2. The minimum Gasteiger partial charge on any atom is -0.407 e. The number of hydrogen-bond donors (Lipinski definition) is 2. The minimum absolute atomic E-state index is 0.559. The summed E-state index contributed by atoms with van der Waals surface area (Å²) in [6.45, 7) is 4.57. The fourth-order valence-electron chi connectivity index (χ4n) is 2.25.